The lowest BCUT2D eigenvalue weighted by atomic mass is 10.2. The van der Waals surface area contributed by atoms with Gasteiger partial charge in [-0.3, -0.25) is 5.32 Å². The lowest BCUT2D eigenvalue weighted by Gasteiger charge is -2.24. The minimum Gasteiger partial charge on any atom is -0.359 e. The summed E-state index contributed by atoms with van der Waals surface area (Å²) < 4.78 is 5.55. The first-order chi connectivity index (χ1) is 5.97. The van der Waals surface area contributed by atoms with Crippen molar-refractivity contribution >= 4 is 0 Å². The minimum absolute atomic E-state index is 0.111. The van der Waals surface area contributed by atoms with Crippen LogP contribution in [0.25, 0.3) is 0 Å². The van der Waals surface area contributed by atoms with Gasteiger partial charge in [0.25, 0.3) is 0 Å². The van der Waals surface area contributed by atoms with Crippen molar-refractivity contribution in [3.05, 3.63) is 35.9 Å². The third-order valence-electron chi connectivity index (χ3n) is 2.04. The third-order valence-corrected chi connectivity index (χ3v) is 2.04. The van der Waals surface area contributed by atoms with Crippen molar-refractivity contribution in [3.63, 3.8) is 0 Å². The fourth-order valence-electron chi connectivity index (χ4n) is 1.41. The summed E-state index contributed by atoms with van der Waals surface area (Å²) >= 11 is 0. The molecular formula is C10H13NO. The molecule has 1 heterocycles. The van der Waals surface area contributed by atoms with Crippen LogP contribution in [0, 0.1) is 0 Å². The predicted molar refractivity (Wildman–Crippen MR) is 47.8 cm³/mol. The molecule has 0 bridgehead atoms. The van der Waals surface area contributed by atoms with Crippen LogP contribution in [-0.2, 0) is 4.74 Å². The Kier molecular flexibility index (Phi) is 2.39. The Morgan fingerprint density at radius 3 is 2.75 bits per heavy atom. The SMILES string of the molecule is c1ccc([C@H]2NCCCO2)cc1. The molecule has 1 atom stereocenters. The van der Waals surface area contributed by atoms with E-state index in [4.69, 9.17) is 4.74 Å². The Hall–Kier alpha value is -0.860. The second-order valence-corrected chi connectivity index (χ2v) is 2.97. The summed E-state index contributed by atoms with van der Waals surface area (Å²) in [6.07, 6.45) is 1.23. The monoisotopic (exact) mass is 163 g/mol. The second-order valence-electron chi connectivity index (χ2n) is 2.97. The molecule has 1 N–H and O–H groups in total. The average Bonchev–Trinajstić information content (AvgIpc) is 2.21. The maximum atomic E-state index is 5.55. The van der Waals surface area contributed by atoms with Gasteiger partial charge in [-0.25, -0.2) is 0 Å². The van der Waals surface area contributed by atoms with Gasteiger partial charge in [0.2, 0.25) is 0 Å². The Bertz CT molecular complexity index is 229. The zero-order valence-corrected chi connectivity index (χ0v) is 6.99. The highest BCUT2D eigenvalue weighted by Gasteiger charge is 2.13. The number of hydrogen-bond acceptors (Lipinski definition) is 2. The molecule has 1 fully saturated rings. The van der Waals surface area contributed by atoms with Crippen LogP contribution in [0.3, 0.4) is 0 Å². The zero-order valence-electron chi connectivity index (χ0n) is 6.99. The van der Waals surface area contributed by atoms with Gasteiger partial charge in [-0.1, -0.05) is 30.3 Å². The van der Waals surface area contributed by atoms with Crippen LogP contribution in [0.2, 0.25) is 0 Å². The molecule has 1 aromatic rings. The van der Waals surface area contributed by atoms with Gasteiger partial charge in [0, 0.05) is 6.54 Å². The average molecular weight is 163 g/mol. The van der Waals surface area contributed by atoms with Crippen LogP contribution < -0.4 is 5.32 Å². The molecule has 1 aliphatic heterocycles. The molecule has 0 radical (unpaired) electrons. The molecule has 1 saturated heterocycles. The highest BCUT2D eigenvalue weighted by Crippen LogP contribution is 2.16. The van der Waals surface area contributed by atoms with Crippen molar-refractivity contribution in [3.8, 4) is 0 Å². The molecule has 0 amide bonds. The standard InChI is InChI=1S/C10H13NO/c1-2-5-9(6-3-1)10-11-7-4-8-12-10/h1-3,5-6,10-11H,4,7-8H2/t10-/m0/s1. The Morgan fingerprint density at radius 2 is 2.08 bits per heavy atom. The van der Waals surface area contributed by atoms with Crippen LogP contribution in [0.15, 0.2) is 30.3 Å². The summed E-state index contributed by atoms with van der Waals surface area (Å²) in [6, 6.07) is 10.3. The molecule has 0 unspecified atom stereocenters. The summed E-state index contributed by atoms with van der Waals surface area (Å²) in [4.78, 5) is 0. The van der Waals surface area contributed by atoms with E-state index in [1.807, 2.05) is 18.2 Å². The van der Waals surface area contributed by atoms with Gasteiger partial charge in [-0.05, 0) is 12.0 Å². The van der Waals surface area contributed by atoms with E-state index in [9.17, 15) is 0 Å². The third kappa shape index (κ3) is 1.65. The molecule has 64 valence electrons. The number of ether oxygens (including phenoxy) is 1. The maximum absolute atomic E-state index is 5.55. The highest BCUT2D eigenvalue weighted by atomic mass is 16.5. The van der Waals surface area contributed by atoms with E-state index in [1.54, 1.807) is 0 Å². The first-order valence-corrected chi connectivity index (χ1v) is 4.37. The van der Waals surface area contributed by atoms with Crippen LogP contribution in [0.1, 0.15) is 18.2 Å². The number of hydrogen-bond donors (Lipinski definition) is 1. The van der Waals surface area contributed by atoms with Crippen molar-refractivity contribution in [2.75, 3.05) is 13.2 Å². The van der Waals surface area contributed by atoms with E-state index >= 15 is 0 Å². The number of nitrogens with one attached hydrogen (secondary N) is 1. The van der Waals surface area contributed by atoms with Crippen molar-refractivity contribution in [1.29, 1.82) is 0 Å². The van der Waals surface area contributed by atoms with Crippen molar-refractivity contribution in [2.45, 2.75) is 12.6 Å². The molecule has 0 aliphatic carbocycles. The van der Waals surface area contributed by atoms with Crippen LogP contribution in [0.4, 0.5) is 0 Å². The molecule has 2 nitrogen and oxygen atoms in total. The molecule has 0 saturated carbocycles. The molecular weight excluding hydrogens is 150 g/mol. The van der Waals surface area contributed by atoms with Crippen molar-refractivity contribution < 1.29 is 4.74 Å². The summed E-state index contributed by atoms with van der Waals surface area (Å²) in [5.41, 5.74) is 1.22. The van der Waals surface area contributed by atoms with E-state index in [-0.39, 0.29) is 6.23 Å². The molecule has 0 spiro atoms. The molecule has 1 aromatic carbocycles. The van der Waals surface area contributed by atoms with Gasteiger partial charge in [0.15, 0.2) is 0 Å². The Balaban J connectivity index is 2.08. The molecule has 0 aromatic heterocycles. The molecule has 2 rings (SSSR count). The van der Waals surface area contributed by atoms with Gasteiger partial charge in [-0.15, -0.1) is 0 Å². The Labute approximate surface area is 72.5 Å². The van der Waals surface area contributed by atoms with E-state index in [0.717, 1.165) is 19.6 Å². The lowest BCUT2D eigenvalue weighted by molar-refractivity contribution is -0.000310. The van der Waals surface area contributed by atoms with Gasteiger partial charge in [0.1, 0.15) is 6.23 Å². The fourth-order valence-corrected chi connectivity index (χ4v) is 1.41. The van der Waals surface area contributed by atoms with Gasteiger partial charge in [0.05, 0.1) is 6.61 Å². The largest absolute Gasteiger partial charge is 0.359 e. The minimum atomic E-state index is 0.111. The predicted octanol–water partition coefficient (Wildman–Crippen LogP) is 1.70. The van der Waals surface area contributed by atoms with Gasteiger partial charge >= 0.3 is 0 Å². The quantitative estimate of drug-likeness (QED) is 0.680. The molecule has 2 heteroatoms. The van der Waals surface area contributed by atoms with E-state index in [1.165, 1.54) is 5.56 Å². The van der Waals surface area contributed by atoms with E-state index < -0.39 is 0 Å². The normalized spacial score (nSPS) is 23.8. The smallest absolute Gasteiger partial charge is 0.134 e. The van der Waals surface area contributed by atoms with Gasteiger partial charge in [-0.2, -0.15) is 0 Å². The summed E-state index contributed by atoms with van der Waals surface area (Å²) in [5, 5.41) is 3.31. The van der Waals surface area contributed by atoms with E-state index in [2.05, 4.69) is 17.4 Å². The topological polar surface area (TPSA) is 21.3 Å². The first-order valence-electron chi connectivity index (χ1n) is 4.37. The van der Waals surface area contributed by atoms with Crippen LogP contribution in [0.5, 0.6) is 0 Å². The van der Waals surface area contributed by atoms with Crippen LogP contribution >= 0.6 is 0 Å². The highest BCUT2D eigenvalue weighted by molar-refractivity contribution is 5.17. The van der Waals surface area contributed by atoms with Crippen LogP contribution in [-0.4, -0.2) is 13.2 Å². The lowest BCUT2D eigenvalue weighted by Crippen LogP contribution is -2.30. The molecule has 1 aliphatic rings. The summed E-state index contributed by atoms with van der Waals surface area (Å²) in [7, 11) is 0. The fraction of sp³-hybridized carbons (Fsp3) is 0.400. The van der Waals surface area contributed by atoms with Crippen molar-refractivity contribution in [2.24, 2.45) is 0 Å². The summed E-state index contributed by atoms with van der Waals surface area (Å²) in [6.45, 7) is 1.92. The molecule has 12 heavy (non-hydrogen) atoms. The van der Waals surface area contributed by atoms with Crippen molar-refractivity contribution in [1.82, 2.24) is 5.32 Å². The Morgan fingerprint density at radius 1 is 1.25 bits per heavy atom. The second kappa shape index (κ2) is 3.70. The zero-order chi connectivity index (χ0) is 8.23. The maximum Gasteiger partial charge on any atom is 0.134 e. The first kappa shape index (κ1) is 7.77. The number of benzene rings is 1. The van der Waals surface area contributed by atoms with Gasteiger partial charge < -0.3 is 4.74 Å². The number of rotatable bonds is 1. The summed E-state index contributed by atoms with van der Waals surface area (Å²) in [5.74, 6) is 0. The van der Waals surface area contributed by atoms with E-state index in [0.29, 0.717) is 0 Å².